The Morgan fingerprint density at radius 1 is 1.44 bits per heavy atom. The molecule has 0 aromatic carbocycles. The van der Waals surface area contributed by atoms with Crippen molar-refractivity contribution in [2.75, 3.05) is 6.61 Å². The summed E-state index contributed by atoms with van der Waals surface area (Å²) < 4.78 is 5.39. The molecule has 1 heteroatoms. The van der Waals surface area contributed by atoms with Gasteiger partial charge in [-0.1, -0.05) is 6.08 Å². The van der Waals surface area contributed by atoms with E-state index in [-0.39, 0.29) is 0 Å². The van der Waals surface area contributed by atoms with E-state index in [0.717, 1.165) is 6.61 Å². The maximum atomic E-state index is 5.39. The minimum absolute atomic E-state index is 0.358. The van der Waals surface area contributed by atoms with Gasteiger partial charge in [0, 0.05) is 13.0 Å². The summed E-state index contributed by atoms with van der Waals surface area (Å²) in [5.41, 5.74) is 0. The molecule has 1 nitrogen and oxygen atoms in total. The van der Waals surface area contributed by atoms with Crippen LogP contribution in [-0.4, -0.2) is 12.7 Å². The van der Waals surface area contributed by atoms with E-state index in [1.807, 2.05) is 12.5 Å². The summed E-state index contributed by atoms with van der Waals surface area (Å²) in [7, 11) is 0. The summed E-state index contributed by atoms with van der Waals surface area (Å²) >= 11 is 0. The quantitative estimate of drug-likeness (QED) is 0.548. The van der Waals surface area contributed by atoms with Crippen LogP contribution in [0.4, 0.5) is 0 Å². The molecule has 1 radical (unpaired) electrons. The molecule has 0 aliphatic carbocycles. The van der Waals surface area contributed by atoms with Gasteiger partial charge in [0.25, 0.3) is 0 Å². The third-order valence-electron chi connectivity index (χ3n) is 1.57. The standard InChI is InChI=1S/C8H13O/c1-2-5-8-6-3-4-7-9-8/h2,5,8H,1,3-4,6-7H2. The van der Waals surface area contributed by atoms with Crippen molar-refractivity contribution in [3.8, 4) is 0 Å². The molecule has 1 fully saturated rings. The van der Waals surface area contributed by atoms with Gasteiger partial charge in [-0.3, -0.25) is 0 Å². The molecule has 0 aromatic heterocycles. The number of hydrogen-bond acceptors (Lipinski definition) is 1. The zero-order chi connectivity index (χ0) is 6.53. The van der Waals surface area contributed by atoms with Crippen LogP contribution >= 0.6 is 0 Å². The van der Waals surface area contributed by atoms with E-state index in [1.165, 1.54) is 19.3 Å². The molecule has 0 aromatic rings. The highest BCUT2D eigenvalue weighted by Crippen LogP contribution is 2.14. The van der Waals surface area contributed by atoms with Crippen molar-refractivity contribution in [2.24, 2.45) is 0 Å². The summed E-state index contributed by atoms with van der Waals surface area (Å²) in [4.78, 5) is 0. The van der Waals surface area contributed by atoms with E-state index in [2.05, 4.69) is 6.58 Å². The molecular weight excluding hydrogens is 112 g/mol. The predicted molar refractivity (Wildman–Crippen MR) is 38.1 cm³/mol. The minimum Gasteiger partial charge on any atom is -0.378 e. The number of rotatable bonds is 2. The molecular formula is C8H13O. The second-order valence-electron chi connectivity index (χ2n) is 2.33. The lowest BCUT2D eigenvalue weighted by Gasteiger charge is -2.20. The lowest BCUT2D eigenvalue weighted by molar-refractivity contribution is 0.0393. The van der Waals surface area contributed by atoms with Crippen molar-refractivity contribution < 1.29 is 4.74 Å². The van der Waals surface area contributed by atoms with Crippen LogP contribution in [0.1, 0.15) is 19.3 Å². The highest BCUT2D eigenvalue weighted by molar-refractivity contribution is 4.94. The van der Waals surface area contributed by atoms with Gasteiger partial charge in [-0.05, 0) is 19.3 Å². The topological polar surface area (TPSA) is 9.23 Å². The molecule has 9 heavy (non-hydrogen) atoms. The summed E-state index contributed by atoms with van der Waals surface area (Å²) in [5, 5.41) is 0. The molecule has 1 rings (SSSR count). The Morgan fingerprint density at radius 2 is 2.33 bits per heavy atom. The van der Waals surface area contributed by atoms with Gasteiger partial charge >= 0.3 is 0 Å². The van der Waals surface area contributed by atoms with Crippen molar-refractivity contribution in [1.29, 1.82) is 0 Å². The lowest BCUT2D eigenvalue weighted by atomic mass is 10.1. The van der Waals surface area contributed by atoms with Crippen molar-refractivity contribution in [3.05, 3.63) is 19.1 Å². The average Bonchev–Trinajstić information content (AvgIpc) is 1.91. The molecule has 1 unspecified atom stereocenters. The van der Waals surface area contributed by atoms with E-state index in [9.17, 15) is 0 Å². The zero-order valence-electron chi connectivity index (χ0n) is 5.68. The Hall–Kier alpha value is -0.300. The van der Waals surface area contributed by atoms with Crippen LogP contribution in [0.15, 0.2) is 12.7 Å². The third kappa shape index (κ3) is 2.19. The summed E-state index contributed by atoms with van der Waals surface area (Å²) in [6.45, 7) is 4.54. The van der Waals surface area contributed by atoms with Crippen LogP contribution in [0.5, 0.6) is 0 Å². The molecule has 0 bridgehead atoms. The Bertz CT molecular complexity index is 82.6. The van der Waals surface area contributed by atoms with Crippen LogP contribution < -0.4 is 0 Å². The normalized spacial score (nSPS) is 27.8. The molecule has 1 heterocycles. The molecule has 1 saturated heterocycles. The monoisotopic (exact) mass is 125 g/mol. The minimum atomic E-state index is 0.358. The zero-order valence-corrected chi connectivity index (χ0v) is 5.68. The van der Waals surface area contributed by atoms with Crippen molar-refractivity contribution >= 4 is 0 Å². The number of ether oxygens (including phenoxy) is 1. The van der Waals surface area contributed by atoms with Crippen LogP contribution in [0.3, 0.4) is 0 Å². The molecule has 51 valence electrons. The first kappa shape index (κ1) is 6.81. The van der Waals surface area contributed by atoms with E-state index < -0.39 is 0 Å². The maximum absolute atomic E-state index is 5.39. The van der Waals surface area contributed by atoms with Crippen molar-refractivity contribution in [3.63, 3.8) is 0 Å². The first-order valence-electron chi connectivity index (χ1n) is 3.51. The van der Waals surface area contributed by atoms with Gasteiger partial charge in [0.2, 0.25) is 0 Å². The van der Waals surface area contributed by atoms with Gasteiger partial charge in [-0.25, -0.2) is 0 Å². The second kappa shape index (κ2) is 3.67. The van der Waals surface area contributed by atoms with Crippen molar-refractivity contribution in [1.82, 2.24) is 0 Å². The average molecular weight is 125 g/mol. The second-order valence-corrected chi connectivity index (χ2v) is 2.33. The van der Waals surface area contributed by atoms with Crippen LogP contribution in [0.2, 0.25) is 0 Å². The van der Waals surface area contributed by atoms with E-state index in [1.54, 1.807) is 0 Å². The molecule has 0 N–H and O–H groups in total. The van der Waals surface area contributed by atoms with Crippen molar-refractivity contribution in [2.45, 2.75) is 25.4 Å². The van der Waals surface area contributed by atoms with Gasteiger partial charge in [0.1, 0.15) is 0 Å². The fraction of sp³-hybridized carbons (Fsp3) is 0.625. The Balaban J connectivity index is 2.15. The molecule has 1 aliphatic heterocycles. The largest absolute Gasteiger partial charge is 0.378 e. The maximum Gasteiger partial charge on any atom is 0.0644 e. The molecule has 1 atom stereocenters. The fourth-order valence-corrected chi connectivity index (χ4v) is 1.07. The Labute approximate surface area is 56.7 Å². The molecule has 0 saturated carbocycles. The van der Waals surface area contributed by atoms with E-state index in [0.29, 0.717) is 6.10 Å². The van der Waals surface area contributed by atoms with Gasteiger partial charge in [-0.2, -0.15) is 0 Å². The molecule has 0 spiro atoms. The molecule has 1 aliphatic rings. The van der Waals surface area contributed by atoms with Crippen LogP contribution in [0, 0.1) is 6.42 Å². The lowest BCUT2D eigenvalue weighted by Crippen LogP contribution is -2.18. The van der Waals surface area contributed by atoms with Gasteiger partial charge in [0.05, 0.1) is 6.10 Å². The van der Waals surface area contributed by atoms with Gasteiger partial charge < -0.3 is 4.74 Å². The highest BCUT2D eigenvalue weighted by atomic mass is 16.5. The molecule has 0 amide bonds. The summed E-state index contributed by atoms with van der Waals surface area (Å²) in [6, 6.07) is 0. The van der Waals surface area contributed by atoms with E-state index >= 15 is 0 Å². The number of hydrogen-bond donors (Lipinski definition) is 0. The van der Waals surface area contributed by atoms with Gasteiger partial charge in [0.15, 0.2) is 0 Å². The Morgan fingerprint density at radius 3 is 2.89 bits per heavy atom. The smallest absolute Gasteiger partial charge is 0.0644 e. The third-order valence-corrected chi connectivity index (χ3v) is 1.57. The summed E-state index contributed by atoms with van der Waals surface area (Å²) in [6.07, 6.45) is 7.90. The predicted octanol–water partition coefficient (Wildman–Crippen LogP) is 1.95. The fourth-order valence-electron chi connectivity index (χ4n) is 1.07. The first-order valence-corrected chi connectivity index (χ1v) is 3.51. The van der Waals surface area contributed by atoms with Gasteiger partial charge in [-0.15, -0.1) is 6.58 Å². The van der Waals surface area contributed by atoms with E-state index in [4.69, 9.17) is 4.74 Å². The Kier molecular flexibility index (Phi) is 2.78. The summed E-state index contributed by atoms with van der Waals surface area (Å²) in [5.74, 6) is 0. The van der Waals surface area contributed by atoms with Crippen LogP contribution in [0.25, 0.3) is 0 Å². The van der Waals surface area contributed by atoms with Crippen LogP contribution in [-0.2, 0) is 4.74 Å². The highest BCUT2D eigenvalue weighted by Gasteiger charge is 2.10. The first-order chi connectivity index (χ1) is 4.43. The SMILES string of the molecule is C=C[CH]C1CCCCO1.